The lowest BCUT2D eigenvalue weighted by Gasteiger charge is -2.24. The molecule has 3 heteroatoms. The predicted octanol–water partition coefficient (Wildman–Crippen LogP) is 5.76. The van der Waals surface area contributed by atoms with E-state index in [1.807, 2.05) is 0 Å². The summed E-state index contributed by atoms with van der Waals surface area (Å²) in [5, 5.41) is 0. The molecule has 0 saturated carbocycles. The molecule has 0 amide bonds. The minimum Gasteiger partial charge on any atom is -0.372 e. The van der Waals surface area contributed by atoms with Gasteiger partial charge >= 0.3 is 0 Å². The third-order valence-electron chi connectivity index (χ3n) is 4.55. The zero-order valence-electron chi connectivity index (χ0n) is 15.9. The van der Waals surface area contributed by atoms with E-state index >= 15 is 0 Å². The van der Waals surface area contributed by atoms with Crippen LogP contribution in [0.5, 0.6) is 0 Å². The van der Waals surface area contributed by atoms with Crippen molar-refractivity contribution in [1.82, 2.24) is 4.90 Å². The van der Waals surface area contributed by atoms with E-state index in [-0.39, 0.29) is 12.4 Å². The summed E-state index contributed by atoms with van der Waals surface area (Å²) in [6.07, 6.45) is 2.50. The molecular formula is C22H33ClN2. The number of nitrogens with zero attached hydrogens (tertiary/aromatic N) is 2. The number of rotatable bonds is 10. The van der Waals surface area contributed by atoms with Crippen LogP contribution in [-0.2, 0) is 13.1 Å². The van der Waals surface area contributed by atoms with E-state index in [1.165, 1.54) is 29.7 Å². The van der Waals surface area contributed by atoms with E-state index in [0.717, 1.165) is 32.7 Å². The van der Waals surface area contributed by atoms with E-state index in [4.69, 9.17) is 0 Å². The highest BCUT2D eigenvalue weighted by Gasteiger charge is 2.08. The summed E-state index contributed by atoms with van der Waals surface area (Å²) < 4.78 is 0. The largest absolute Gasteiger partial charge is 0.372 e. The molecule has 0 saturated heterocycles. The molecule has 0 spiro atoms. The Morgan fingerprint density at radius 3 is 1.80 bits per heavy atom. The van der Waals surface area contributed by atoms with Gasteiger partial charge in [0, 0.05) is 31.9 Å². The van der Waals surface area contributed by atoms with Crippen molar-refractivity contribution in [3.05, 3.63) is 65.7 Å². The van der Waals surface area contributed by atoms with Gasteiger partial charge in [-0.15, -0.1) is 12.4 Å². The quantitative estimate of drug-likeness (QED) is 0.531. The van der Waals surface area contributed by atoms with Gasteiger partial charge in [-0.3, -0.25) is 4.90 Å². The van der Waals surface area contributed by atoms with E-state index in [0.29, 0.717) is 0 Å². The van der Waals surface area contributed by atoms with Crippen LogP contribution in [0.1, 0.15) is 44.7 Å². The molecule has 2 aromatic rings. The second-order valence-corrected chi connectivity index (χ2v) is 6.39. The molecule has 2 rings (SSSR count). The van der Waals surface area contributed by atoms with Crippen LogP contribution in [0.25, 0.3) is 0 Å². The molecule has 0 radical (unpaired) electrons. The summed E-state index contributed by atoms with van der Waals surface area (Å²) in [4.78, 5) is 4.95. The topological polar surface area (TPSA) is 6.48 Å². The summed E-state index contributed by atoms with van der Waals surface area (Å²) in [6.45, 7) is 12.0. The van der Waals surface area contributed by atoms with Crippen molar-refractivity contribution in [3.63, 3.8) is 0 Å². The van der Waals surface area contributed by atoms with Crippen LogP contribution >= 0.6 is 12.4 Å². The SMILES string of the molecule is CCCCN(Cc1ccccc1)Cc1ccc(N(CC)CC)cc1.Cl. The third kappa shape index (κ3) is 7.09. The number of benzene rings is 2. The highest BCUT2D eigenvalue weighted by atomic mass is 35.5. The van der Waals surface area contributed by atoms with Gasteiger partial charge in [-0.1, -0.05) is 55.8 Å². The molecule has 0 aliphatic heterocycles. The second-order valence-electron chi connectivity index (χ2n) is 6.39. The lowest BCUT2D eigenvalue weighted by atomic mass is 10.1. The van der Waals surface area contributed by atoms with Crippen molar-refractivity contribution >= 4 is 18.1 Å². The van der Waals surface area contributed by atoms with Gasteiger partial charge in [0.15, 0.2) is 0 Å². The predicted molar refractivity (Wildman–Crippen MR) is 113 cm³/mol. The number of hydrogen-bond acceptors (Lipinski definition) is 2. The first-order chi connectivity index (χ1) is 11.8. The third-order valence-corrected chi connectivity index (χ3v) is 4.55. The molecule has 25 heavy (non-hydrogen) atoms. The van der Waals surface area contributed by atoms with Crippen molar-refractivity contribution in [2.75, 3.05) is 24.5 Å². The van der Waals surface area contributed by atoms with Crippen LogP contribution in [0, 0.1) is 0 Å². The van der Waals surface area contributed by atoms with Crippen molar-refractivity contribution in [3.8, 4) is 0 Å². The van der Waals surface area contributed by atoms with Gasteiger partial charge in [0.25, 0.3) is 0 Å². The molecule has 138 valence electrons. The number of anilines is 1. The monoisotopic (exact) mass is 360 g/mol. The Bertz CT molecular complexity index is 564. The Kier molecular flexibility index (Phi) is 10.3. The van der Waals surface area contributed by atoms with Gasteiger partial charge in [0.2, 0.25) is 0 Å². The molecule has 0 N–H and O–H groups in total. The minimum absolute atomic E-state index is 0. The molecule has 0 atom stereocenters. The van der Waals surface area contributed by atoms with E-state index in [9.17, 15) is 0 Å². The van der Waals surface area contributed by atoms with Crippen molar-refractivity contribution in [2.45, 2.75) is 46.7 Å². The molecular weight excluding hydrogens is 328 g/mol. The lowest BCUT2D eigenvalue weighted by molar-refractivity contribution is 0.252. The van der Waals surface area contributed by atoms with Gasteiger partial charge in [-0.05, 0) is 50.1 Å². The molecule has 0 aliphatic carbocycles. The van der Waals surface area contributed by atoms with Crippen LogP contribution in [0.15, 0.2) is 54.6 Å². The van der Waals surface area contributed by atoms with Crippen molar-refractivity contribution in [2.24, 2.45) is 0 Å². The molecule has 0 aliphatic rings. The smallest absolute Gasteiger partial charge is 0.0366 e. The number of halogens is 1. The van der Waals surface area contributed by atoms with Gasteiger partial charge in [0.1, 0.15) is 0 Å². The van der Waals surface area contributed by atoms with Crippen molar-refractivity contribution in [1.29, 1.82) is 0 Å². The first-order valence-corrected chi connectivity index (χ1v) is 9.37. The zero-order valence-corrected chi connectivity index (χ0v) is 16.8. The number of unbranched alkanes of at least 4 members (excludes halogenated alkanes) is 1. The van der Waals surface area contributed by atoms with Crippen LogP contribution in [-0.4, -0.2) is 24.5 Å². The molecule has 2 aromatic carbocycles. The maximum absolute atomic E-state index is 2.56. The normalized spacial score (nSPS) is 10.6. The highest BCUT2D eigenvalue weighted by molar-refractivity contribution is 5.85. The van der Waals surface area contributed by atoms with Gasteiger partial charge < -0.3 is 4.90 Å². The van der Waals surface area contributed by atoms with Gasteiger partial charge in [0.05, 0.1) is 0 Å². The summed E-state index contributed by atoms with van der Waals surface area (Å²) in [5.74, 6) is 0. The fraction of sp³-hybridized carbons (Fsp3) is 0.455. The van der Waals surface area contributed by atoms with E-state index in [2.05, 4.69) is 85.2 Å². The first-order valence-electron chi connectivity index (χ1n) is 9.37. The van der Waals surface area contributed by atoms with Crippen molar-refractivity contribution < 1.29 is 0 Å². The average Bonchev–Trinajstić information content (AvgIpc) is 2.63. The molecule has 0 bridgehead atoms. The van der Waals surface area contributed by atoms with Crippen LogP contribution in [0.2, 0.25) is 0 Å². The summed E-state index contributed by atoms with van der Waals surface area (Å²) in [6, 6.07) is 19.9. The Morgan fingerprint density at radius 1 is 0.720 bits per heavy atom. The lowest BCUT2D eigenvalue weighted by Crippen LogP contribution is -2.24. The number of hydrogen-bond donors (Lipinski definition) is 0. The van der Waals surface area contributed by atoms with Crippen LogP contribution in [0.4, 0.5) is 5.69 Å². The summed E-state index contributed by atoms with van der Waals surface area (Å²) in [7, 11) is 0. The van der Waals surface area contributed by atoms with E-state index in [1.54, 1.807) is 0 Å². The average molecular weight is 361 g/mol. The zero-order chi connectivity index (χ0) is 17.2. The minimum atomic E-state index is 0. The Hall–Kier alpha value is -1.51. The summed E-state index contributed by atoms with van der Waals surface area (Å²) in [5.41, 5.74) is 4.12. The summed E-state index contributed by atoms with van der Waals surface area (Å²) >= 11 is 0. The molecule has 0 aromatic heterocycles. The Balaban J connectivity index is 0.00000312. The Morgan fingerprint density at radius 2 is 1.28 bits per heavy atom. The molecule has 0 fully saturated rings. The van der Waals surface area contributed by atoms with Gasteiger partial charge in [-0.2, -0.15) is 0 Å². The molecule has 0 heterocycles. The van der Waals surface area contributed by atoms with Gasteiger partial charge in [-0.25, -0.2) is 0 Å². The fourth-order valence-electron chi connectivity index (χ4n) is 3.10. The fourth-order valence-corrected chi connectivity index (χ4v) is 3.10. The highest BCUT2D eigenvalue weighted by Crippen LogP contribution is 2.17. The maximum Gasteiger partial charge on any atom is 0.0366 e. The van der Waals surface area contributed by atoms with Crippen LogP contribution in [0.3, 0.4) is 0 Å². The second kappa shape index (κ2) is 11.9. The molecule has 0 unspecified atom stereocenters. The standard InChI is InChI=1S/C22H32N2.ClH/c1-4-7-17-23(18-20-11-9-8-10-12-20)19-21-13-15-22(16-14-21)24(5-2)6-3;/h8-16H,4-7,17-19H2,1-3H3;1H. The Labute approximate surface area is 160 Å². The maximum atomic E-state index is 2.56. The molecule has 2 nitrogen and oxygen atoms in total. The van der Waals surface area contributed by atoms with Crippen LogP contribution < -0.4 is 4.90 Å². The first kappa shape index (κ1) is 21.5. The van der Waals surface area contributed by atoms with E-state index < -0.39 is 0 Å².